The van der Waals surface area contributed by atoms with Crippen molar-refractivity contribution in [3.8, 4) is 5.75 Å². The summed E-state index contributed by atoms with van der Waals surface area (Å²) >= 11 is 0. The molecule has 3 aromatic rings. The second kappa shape index (κ2) is 6.75. The zero-order valence-corrected chi connectivity index (χ0v) is 11.9. The molecule has 0 fully saturated rings. The molecular weight excluding hydrogens is 260 g/mol. The summed E-state index contributed by atoms with van der Waals surface area (Å²) in [6, 6.07) is 20.5. The van der Waals surface area contributed by atoms with E-state index in [9.17, 15) is 0 Å². The standard InChI is InChI=1S/C18H18N2O/c1-2-6-16(7-3-1)10-13-21-18-9-4-8-17(14-18)15-20-12-5-11-19-20/h1-9,11-12,14H,10,13,15H2. The number of aromatic nitrogens is 2. The second-order valence-corrected chi connectivity index (χ2v) is 4.94. The van der Waals surface area contributed by atoms with Gasteiger partial charge in [-0.3, -0.25) is 4.68 Å². The van der Waals surface area contributed by atoms with Crippen LogP contribution in [-0.4, -0.2) is 16.4 Å². The first kappa shape index (κ1) is 13.4. The Morgan fingerprint density at radius 3 is 2.57 bits per heavy atom. The summed E-state index contributed by atoms with van der Waals surface area (Å²) in [5.74, 6) is 0.913. The Balaban J connectivity index is 1.56. The number of benzene rings is 2. The van der Waals surface area contributed by atoms with Gasteiger partial charge in [0.1, 0.15) is 5.75 Å². The van der Waals surface area contributed by atoms with Crippen molar-refractivity contribution < 1.29 is 4.74 Å². The molecule has 0 unspecified atom stereocenters. The van der Waals surface area contributed by atoms with E-state index in [1.54, 1.807) is 6.20 Å². The molecule has 0 spiro atoms. The lowest BCUT2D eigenvalue weighted by atomic mass is 10.2. The normalized spacial score (nSPS) is 10.5. The first-order chi connectivity index (χ1) is 10.4. The summed E-state index contributed by atoms with van der Waals surface area (Å²) in [5.41, 5.74) is 2.49. The molecule has 3 rings (SSSR count). The molecule has 106 valence electrons. The van der Waals surface area contributed by atoms with Crippen molar-refractivity contribution in [2.75, 3.05) is 6.61 Å². The minimum absolute atomic E-state index is 0.690. The van der Waals surface area contributed by atoms with Gasteiger partial charge in [-0.1, -0.05) is 42.5 Å². The Kier molecular flexibility index (Phi) is 4.32. The lowest BCUT2D eigenvalue weighted by Crippen LogP contribution is -2.03. The fourth-order valence-corrected chi connectivity index (χ4v) is 2.25. The molecule has 1 heterocycles. The van der Waals surface area contributed by atoms with Crippen molar-refractivity contribution >= 4 is 0 Å². The lowest BCUT2D eigenvalue weighted by Gasteiger charge is -2.08. The first-order valence-corrected chi connectivity index (χ1v) is 7.13. The van der Waals surface area contributed by atoms with Crippen molar-refractivity contribution in [1.82, 2.24) is 9.78 Å². The molecule has 0 aliphatic heterocycles. The molecule has 0 N–H and O–H groups in total. The highest BCUT2D eigenvalue weighted by Gasteiger charge is 1.99. The van der Waals surface area contributed by atoms with Gasteiger partial charge < -0.3 is 4.74 Å². The van der Waals surface area contributed by atoms with Gasteiger partial charge in [0, 0.05) is 18.8 Å². The van der Waals surface area contributed by atoms with E-state index in [-0.39, 0.29) is 0 Å². The minimum atomic E-state index is 0.690. The molecular formula is C18H18N2O. The average molecular weight is 278 g/mol. The predicted molar refractivity (Wildman–Crippen MR) is 83.4 cm³/mol. The van der Waals surface area contributed by atoms with E-state index in [0.717, 1.165) is 18.7 Å². The molecule has 0 aliphatic carbocycles. The predicted octanol–water partition coefficient (Wildman–Crippen LogP) is 3.55. The van der Waals surface area contributed by atoms with Gasteiger partial charge in [0.05, 0.1) is 13.2 Å². The Morgan fingerprint density at radius 1 is 0.905 bits per heavy atom. The molecule has 21 heavy (non-hydrogen) atoms. The van der Waals surface area contributed by atoms with Crippen molar-refractivity contribution in [2.45, 2.75) is 13.0 Å². The third-order valence-electron chi connectivity index (χ3n) is 3.30. The molecule has 0 amide bonds. The Labute approximate surface area is 124 Å². The van der Waals surface area contributed by atoms with Crippen molar-refractivity contribution in [3.63, 3.8) is 0 Å². The van der Waals surface area contributed by atoms with E-state index in [4.69, 9.17) is 4.74 Å². The Morgan fingerprint density at radius 2 is 1.76 bits per heavy atom. The van der Waals surface area contributed by atoms with Crippen LogP contribution in [0.1, 0.15) is 11.1 Å². The molecule has 0 atom stereocenters. The lowest BCUT2D eigenvalue weighted by molar-refractivity contribution is 0.321. The monoisotopic (exact) mass is 278 g/mol. The average Bonchev–Trinajstić information content (AvgIpc) is 3.02. The van der Waals surface area contributed by atoms with Crippen LogP contribution in [0.25, 0.3) is 0 Å². The second-order valence-electron chi connectivity index (χ2n) is 4.94. The van der Waals surface area contributed by atoms with Crippen LogP contribution < -0.4 is 4.74 Å². The minimum Gasteiger partial charge on any atom is -0.493 e. The molecule has 3 nitrogen and oxygen atoms in total. The van der Waals surface area contributed by atoms with Gasteiger partial charge in [-0.05, 0) is 29.3 Å². The van der Waals surface area contributed by atoms with Crippen LogP contribution in [0.2, 0.25) is 0 Å². The van der Waals surface area contributed by atoms with Crippen LogP contribution in [0.5, 0.6) is 5.75 Å². The van der Waals surface area contributed by atoms with Crippen LogP contribution in [0.15, 0.2) is 73.1 Å². The number of nitrogens with zero attached hydrogens (tertiary/aromatic N) is 2. The highest BCUT2D eigenvalue weighted by atomic mass is 16.5. The first-order valence-electron chi connectivity index (χ1n) is 7.13. The van der Waals surface area contributed by atoms with Crippen molar-refractivity contribution in [3.05, 3.63) is 84.2 Å². The number of rotatable bonds is 6. The van der Waals surface area contributed by atoms with E-state index < -0.39 is 0 Å². The van der Waals surface area contributed by atoms with E-state index in [0.29, 0.717) is 6.61 Å². The van der Waals surface area contributed by atoms with E-state index in [2.05, 4.69) is 41.5 Å². The van der Waals surface area contributed by atoms with Crippen LogP contribution >= 0.6 is 0 Å². The smallest absolute Gasteiger partial charge is 0.119 e. The maximum absolute atomic E-state index is 5.84. The summed E-state index contributed by atoms with van der Waals surface area (Å²) in [6.07, 6.45) is 4.67. The fraction of sp³-hybridized carbons (Fsp3) is 0.167. The zero-order valence-electron chi connectivity index (χ0n) is 11.9. The Hall–Kier alpha value is -2.55. The SMILES string of the molecule is c1ccc(CCOc2cccc(Cn3cccn3)c2)cc1. The molecule has 0 radical (unpaired) electrons. The largest absolute Gasteiger partial charge is 0.493 e. The van der Waals surface area contributed by atoms with Crippen molar-refractivity contribution in [2.24, 2.45) is 0 Å². The van der Waals surface area contributed by atoms with E-state index >= 15 is 0 Å². The van der Waals surface area contributed by atoms with Gasteiger partial charge in [0.25, 0.3) is 0 Å². The topological polar surface area (TPSA) is 27.1 Å². The number of hydrogen-bond acceptors (Lipinski definition) is 2. The summed E-state index contributed by atoms with van der Waals surface area (Å²) in [5, 5.41) is 4.22. The molecule has 0 saturated carbocycles. The highest BCUT2D eigenvalue weighted by molar-refractivity contribution is 5.28. The number of ether oxygens (including phenoxy) is 1. The zero-order chi connectivity index (χ0) is 14.3. The van der Waals surface area contributed by atoms with Gasteiger partial charge in [-0.2, -0.15) is 5.10 Å². The Bertz CT molecular complexity index is 663. The van der Waals surface area contributed by atoms with Crippen molar-refractivity contribution in [1.29, 1.82) is 0 Å². The third-order valence-corrected chi connectivity index (χ3v) is 3.30. The molecule has 0 bridgehead atoms. The van der Waals surface area contributed by atoms with Gasteiger partial charge in [-0.15, -0.1) is 0 Å². The van der Waals surface area contributed by atoms with Gasteiger partial charge in [-0.25, -0.2) is 0 Å². The summed E-state index contributed by atoms with van der Waals surface area (Å²) in [4.78, 5) is 0. The number of hydrogen-bond donors (Lipinski definition) is 0. The summed E-state index contributed by atoms with van der Waals surface area (Å²) < 4.78 is 7.75. The summed E-state index contributed by atoms with van der Waals surface area (Å²) in [7, 11) is 0. The van der Waals surface area contributed by atoms with Gasteiger partial charge in [0.2, 0.25) is 0 Å². The van der Waals surface area contributed by atoms with Crippen LogP contribution in [0, 0.1) is 0 Å². The van der Waals surface area contributed by atoms with E-state index in [1.807, 2.05) is 35.1 Å². The third kappa shape index (κ3) is 3.96. The molecule has 1 aromatic heterocycles. The van der Waals surface area contributed by atoms with Crippen LogP contribution in [0.3, 0.4) is 0 Å². The van der Waals surface area contributed by atoms with Gasteiger partial charge >= 0.3 is 0 Å². The maximum Gasteiger partial charge on any atom is 0.119 e. The van der Waals surface area contributed by atoms with Crippen LogP contribution in [-0.2, 0) is 13.0 Å². The quantitative estimate of drug-likeness (QED) is 0.689. The highest BCUT2D eigenvalue weighted by Crippen LogP contribution is 2.14. The van der Waals surface area contributed by atoms with E-state index in [1.165, 1.54) is 11.1 Å². The van der Waals surface area contributed by atoms with Gasteiger partial charge in [0.15, 0.2) is 0 Å². The maximum atomic E-state index is 5.84. The fourth-order valence-electron chi connectivity index (χ4n) is 2.25. The molecule has 0 saturated heterocycles. The molecule has 3 heteroatoms. The van der Waals surface area contributed by atoms with Crippen LogP contribution in [0.4, 0.5) is 0 Å². The summed E-state index contributed by atoms with van der Waals surface area (Å²) in [6.45, 7) is 1.46. The molecule has 2 aromatic carbocycles. The molecule has 0 aliphatic rings.